The van der Waals surface area contributed by atoms with E-state index in [1.54, 1.807) is 6.92 Å². The lowest BCUT2D eigenvalue weighted by Gasteiger charge is -2.11. The Balaban J connectivity index is 2.75. The molecule has 0 amide bonds. The van der Waals surface area contributed by atoms with Gasteiger partial charge in [-0.2, -0.15) is 0 Å². The monoisotopic (exact) mass is 320 g/mol. The van der Waals surface area contributed by atoms with Crippen molar-refractivity contribution in [3.8, 4) is 0 Å². The van der Waals surface area contributed by atoms with Crippen LogP contribution in [0.3, 0.4) is 0 Å². The van der Waals surface area contributed by atoms with Crippen LogP contribution in [0.4, 0.5) is 0 Å². The van der Waals surface area contributed by atoms with Crippen LogP contribution in [0, 0.1) is 6.92 Å². The number of rotatable bonds is 7. The lowest BCUT2D eigenvalue weighted by molar-refractivity contribution is -0.132. The van der Waals surface area contributed by atoms with Crippen LogP contribution in [-0.4, -0.2) is 35.7 Å². The maximum absolute atomic E-state index is 12.0. The van der Waals surface area contributed by atoms with Gasteiger partial charge in [-0.3, -0.25) is 0 Å². The smallest absolute Gasteiger partial charge is 0.346 e. The summed E-state index contributed by atoms with van der Waals surface area (Å²) in [5.41, 5.74) is 0.918. The highest BCUT2D eigenvalue weighted by Crippen LogP contribution is 2.14. The van der Waals surface area contributed by atoms with Gasteiger partial charge in [0, 0.05) is 6.08 Å². The van der Waals surface area contributed by atoms with E-state index in [1.165, 1.54) is 18.2 Å². The summed E-state index contributed by atoms with van der Waals surface area (Å²) in [4.78, 5) is 34.7. The minimum Gasteiger partial charge on any atom is -0.459 e. The Bertz CT molecular complexity index is 605. The standard InChI is InChI=1S/C17H20O6/c1-4-6-13(18)10-22-17(21)14-8-7-12(9-11(14)3)16(20)23-15(19)5-2/h5,7-9,13,18H,2,4,6,10H2,1,3H3. The number of aliphatic hydroxyl groups is 1. The summed E-state index contributed by atoms with van der Waals surface area (Å²) in [6.07, 6.45) is 1.54. The van der Waals surface area contributed by atoms with Gasteiger partial charge in [0.2, 0.25) is 0 Å². The lowest BCUT2D eigenvalue weighted by atomic mass is 10.1. The van der Waals surface area contributed by atoms with Crippen LogP contribution in [0.5, 0.6) is 0 Å². The minimum absolute atomic E-state index is 0.0796. The molecule has 1 rings (SSSR count). The fraction of sp³-hybridized carbons (Fsp3) is 0.353. The third-order valence-electron chi connectivity index (χ3n) is 3.07. The van der Waals surface area contributed by atoms with Crippen molar-refractivity contribution >= 4 is 17.9 Å². The van der Waals surface area contributed by atoms with E-state index >= 15 is 0 Å². The number of aliphatic hydroxyl groups excluding tert-OH is 1. The second-order valence-electron chi connectivity index (χ2n) is 4.98. The molecule has 0 bridgehead atoms. The van der Waals surface area contributed by atoms with Crippen molar-refractivity contribution in [1.29, 1.82) is 0 Å². The van der Waals surface area contributed by atoms with Crippen LogP contribution in [0.1, 0.15) is 46.0 Å². The zero-order chi connectivity index (χ0) is 17.4. The molecular weight excluding hydrogens is 300 g/mol. The van der Waals surface area contributed by atoms with Crippen LogP contribution in [0.15, 0.2) is 30.9 Å². The zero-order valence-electron chi connectivity index (χ0n) is 13.2. The van der Waals surface area contributed by atoms with Gasteiger partial charge < -0.3 is 14.6 Å². The summed E-state index contributed by atoms with van der Waals surface area (Å²) in [6, 6.07) is 4.21. The number of benzene rings is 1. The summed E-state index contributed by atoms with van der Waals surface area (Å²) >= 11 is 0. The first-order chi connectivity index (χ1) is 10.9. The predicted molar refractivity (Wildman–Crippen MR) is 83.0 cm³/mol. The first-order valence-corrected chi connectivity index (χ1v) is 7.23. The molecule has 0 saturated carbocycles. The second kappa shape index (κ2) is 8.85. The van der Waals surface area contributed by atoms with E-state index in [0.29, 0.717) is 12.0 Å². The molecule has 1 N–H and O–H groups in total. The van der Waals surface area contributed by atoms with Gasteiger partial charge in [-0.25, -0.2) is 14.4 Å². The molecule has 0 aromatic heterocycles. The molecule has 0 radical (unpaired) electrons. The third kappa shape index (κ3) is 5.67. The fourth-order valence-corrected chi connectivity index (χ4v) is 1.88. The Kier molecular flexibility index (Phi) is 7.15. The fourth-order valence-electron chi connectivity index (χ4n) is 1.88. The Hall–Kier alpha value is -2.47. The van der Waals surface area contributed by atoms with Gasteiger partial charge in [0.05, 0.1) is 17.2 Å². The Morgan fingerprint density at radius 3 is 2.57 bits per heavy atom. The molecule has 6 heteroatoms. The Morgan fingerprint density at radius 2 is 2.00 bits per heavy atom. The molecule has 6 nitrogen and oxygen atoms in total. The highest BCUT2D eigenvalue weighted by Gasteiger charge is 2.16. The van der Waals surface area contributed by atoms with Gasteiger partial charge in [0.1, 0.15) is 6.61 Å². The van der Waals surface area contributed by atoms with Crippen LogP contribution in [0.2, 0.25) is 0 Å². The highest BCUT2D eigenvalue weighted by atomic mass is 16.6. The molecule has 0 spiro atoms. The number of hydrogen-bond donors (Lipinski definition) is 1. The quantitative estimate of drug-likeness (QED) is 0.470. The van der Waals surface area contributed by atoms with Crippen LogP contribution in [0.25, 0.3) is 0 Å². The Morgan fingerprint density at radius 1 is 1.30 bits per heavy atom. The van der Waals surface area contributed by atoms with Gasteiger partial charge >= 0.3 is 17.9 Å². The van der Waals surface area contributed by atoms with Gasteiger partial charge in [-0.1, -0.05) is 19.9 Å². The molecule has 0 saturated heterocycles. The predicted octanol–water partition coefficient (Wildman–Crippen LogP) is 2.18. The van der Waals surface area contributed by atoms with Crippen molar-refractivity contribution in [2.75, 3.05) is 6.61 Å². The number of aryl methyl sites for hydroxylation is 1. The summed E-state index contributed by atoms with van der Waals surface area (Å²) in [5, 5.41) is 9.56. The molecule has 0 aliphatic heterocycles. The van der Waals surface area contributed by atoms with E-state index in [0.717, 1.165) is 12.5 Å². The molecule has 1 atom stereocenters. The molecule has 1 aromatic carbocycles. The first kappa shape index (κ1) is 18.6. The highest BCUT2D eigenvalue weighted by molar-refractivity contribution is 6.00. The third-order valence-corrected chi connectivity index (χ3v) is 3.07. The molecule has 0 aliphatic carbocycles. The Labute approximate surface area is 134 Å². The normalized spacial score (nSPS) is 11.4. The van der Waals surface area contributed by atoms with Crippen LogP contribution >= 0.6 is 0 Å². The number of carbonyl (C=O) groups excluding carboxylic acids is 3. The van der Waals surface area contributed by atoms with Gasteiger partial charge in [-0.05, 0) is 37.1 Å². The number of carbonyl (C=O) groups is 3. The molecule has 0 aliphatic rings. The van der Waals surface area contributed by atoms with Gasteiger partial charge in [-0.15, -0.1) is 0 Å². The molecule has 23 heavy (non-hydrogen) atoms. The first-order valence-electron chi connectivity index (χ1n) is 7.23. The van der Waals surface area contributed by atoms with E-state index in [1.807, 2.05) is 6.92 Å². The maximum Gasteiger partial charge on any atom is 0.346 e. The van der Waals surface area contributed by atoms with Crippen molar-refractivity contribution in [2.24, 2.45) is 0 Å². The van der Waals surface area contributed by atoms with Crippen molar-refractivity contribution < 1.29 is 29.0 Å². The molecule has 1 unspecified atom stereocenters. The van der Waals surface area contributed by atoms with E-state index in [9.17, 15) is 19.5 Å². The van der Waals surface area contributed by atoms with Gasteiger partial charge in [0.15, 0.2) is 0 Å². The lowest BCUT2D eigenvalue weighted by Crippen LogP contribution is -2.19. The van der Waals surface area contributed by atoms with Crippen molar-refractivity contribution in [3.05, 3.63) is 47.5 Å². The summed E-state index contributed by atoms with van der Waals surface area (Å²) in [7, 11) is 0. The zero-order valence-corrected chi connectivity index (χ0v) is 13.2. The minimum atomic E-state index is -0.846. The van der Waals surface area contributed by atoms with Crippen molar-refractivity contribution in [1.82, 2.24) is 0 Å². The van der Waals surface area contributed by atoms with E-state index in [-0.39, 0.29) is 17.7 Å². The topological polar surface area (TPSA) is 89.9 Å². The largest absolute Gasteiger partial charge is 0.459 e. The number of hydrogen-bond acceptors (Lipinski definition) is 6. The van der Waals surface area contributed by atoms with Crippen molar-refractivity contribution in [3.63, 3.8) is 0 Å². The van der Waals surface area contributed by atoms with E-state index < -0.39 is 24.0 Å². The van der Waals surface area contributed by atoms with E-state index in [4.69, 9.17) is 4.74 Å². The molecule has 1 aromatic rings. The summed E-state index contributed by atoms with van der Waals surface area (Å²) < 4.78 is 9.53. The maximum atomic E-state index is 12.0. The van der Waals surface area contributed by atoms with Crippen LogP contribution < -0.4 is 0 Å². The van der Waals surface area contributed by atoms with Gasteiger partial charge in [0.25, 0.3) is 0 Å². The molecule has 0 heterocycles. The SMILES string of the molecule is C=CC(=O)OC(=O)c1ccc(C(=O)OCC(O)CCC)c(C)c1. The average Bonchev–Trinajstić information content (AvgIpc) is 2.52. The van der Waals surface area contributed by atoms with Crippen molar-refractivity contribution in [2.45, 2.75) is 32.8 Å². The van der Waals surface area contributed by atoms with Crippen LogP contribution in [-0.2, 0) is 14.3 Å². The molecule has 124 valence electrons. The van der Waals surface area contributed by atoms with E-state index in [2.05, 4.69) is 11.3 Å². The average molecular weight is 320 g/mol. The number of ether oxygens (including phenoxy) is 2. The number of esters is 3. The summed E-state index contributed by atoms with van der Waals surface area (Å²) in [6.45, 7) is 6.67. The molecular formula is C17H20O6. The second-order valence-corrected chi connectivity index (χ2v) is 4.98. The molecule has 0 fully saturated rings. The summed E-state index contributed by atoms with van der Waals surface area (Å²) in [5.74, 6) is -2.25.